The number of rotatable bonds is 22. The molecular formula is C28H54OSi2. The fourth-order valence-corrected chi connectivity index (χ4v) is 14.0. The van der Waals surface area contributed by atoms with Crippen LogP contribution >= 0.6 is 0 Å². The summed E-state index contributed by atoms with van der Waals surface area (Å²) in [6.07, 6.45) is 32.9. The molecule has 0 aromatic carbocycles. The summed E-state index contributed by atoms with van der Waals surface area (Å²) in [6, 6.07) is 4.48. The standard InChI is InChI=1S/C28H54OSi2/c1-7-13-17-21-25-30(11-5,26-22-18-14-8-2)29-31(12-6,27-23-19-15-9-3)28-24-20-16-10-4/h5-6H,7-10,13-28H2,1-4H3. The summed E-state index contributed by atoms with van der Waals surface area (Å²) in [5.74, 6) is 0. The summed E-state index contributed by atoms with van der Waals surface area (Å²) < 4.78 is 7.25. The first kappa shape index (κ1) is 30.5. The molecule has 0 saturated carbocycles. The maximum atomic E-state index is 7.25. The van der Waals surface area contributed by atoms with Gasteiger partial charge in [-0.3, -0.25) is 0 Å². The summed E-state index contributed by atoms with van der Waals surface area (Å²) >= 11 is 0. The van der Waals surface area contributed by atoms with Crippen molar-refractivity contribution in [2.45, 2.75) is 155 Å². The molecule has 0 aromatic rings. The second kappa shape index (κ2) is 20.1. The van der Waals surface area contributed by atoms with E-state index in [0.717, 1.165) is 24.2 Å². The third kappa shape index (κ3) is 14.3. The Morgan fingerprint density at radius 2 is 0.710 bits per heavy atom. The summed E-state index contributed by atoms with van der Waals surface area (Å²) in [7, 11) is -4.43. The van der Waals surface area contributed by atoms with Crippen molar-refractivity contribution < 1.29 is 4.12 Å². The zero-order valence-corrected chi connectivity index (χ0v) is 23.7. The normalized spacial score (nSPS) is 11.9. The first-order valence-corrected chi connectivity index (χ1v) is 18.4. The number of terminal acetylenes is 2. The van der Waals surface area contributed by atoms with Crippen molar-refractivity contribution in [3.63, 3.8) is 0 Å². The number of hydrogen-bond donors (Lipinski definition) is 0. The van der Waals surface area contributed by atoms with Crippen molar-refractivity contribution in [1.82, 2.24) is 0 Å². The Morgan fingerprint density at radius 1 is 0.452 bits per heavy atom. The van der Waals surface area contributed by atoms with Crippen LogP contribution in [0, 0.1) is 23.9 Å². The van der Waals surface area contributed by atoms with E-state index in [2.05, 4.69) is 38.8 Å². The molecule has 31 heavy (non-hydrogen) atoms. The fourth-order valence-electron chi connectivity index (χ4n) is 4.53. The smallest absolute Gasteiger partial charge is 0.262 e. The highest BCUT2D eigenvalue weighted by Gasteiger charge is 2.43. The minimum Gasteiger partial charge on any atom is -0.437 e. The molecule has 0 amide bonds. The van der Waals surface area contributed by atoms with Crippen LogP contribution in [0.1, 0.15) is 130 Å². The van der Waals surface area contributed by atoms with Gasteiger partial charge in [-0.2, -0.15) is 0 Å². The van der Waals surface area contributed by atoms with E-state index in [9.17, 15) is 0 Å². The van der Waals surface area contributed by atoms with Gasteiger partial charge in [0.05, 0.1) is 0 Å². The van der Waals surface area contributed by atoms with Gasteiger partial charge in [0.2, 0.25) is 0 Å². The van der Waals surface area contributed by atoms with Gasteiger partial charge in [-0.15, -0.1) is 23.9 Å². The minimum absolute atomic E-state index is 1.12. The van der Waals surface area contributed by atoms with Crippen LogP contribution in [0.5, 0.6) is 0 Å². The van der Waals surface area contributed by atoms with Gasteiger partial charge in [0.25, 0.3) is 16.6 Å². The van der Waals surface area contributed by atoms with Crippen LogP contribution in [0.15, 0.2) is 0 Å². The third-order valence-electron chi connectivity index (χ3n) is 6.65. The Balaban J connectivity index is 5.44. The molecule has 3 heteroatoms. The lowest BCUT2D eigenvalue weighted by molar-refractivity contribution is 0.508. The van der Waals surface area contributed by atoms with Crippen LogP contribution in [-0.4, -0.2) is 16.6 Å². The lowest BCUT2D eigenvalue weighted by atomic mass is 10.2. The van der Waals surface area contributed by atoms with E-state index in [1.54, 1.807) is 0 Å². The molecule has 0 heterocycles. The van der Waals surface area contributed by atoms with Crippen molar-refractivity contribution in [2.24, 2.45) is 0 Å². The predicted octanol–water partition coefficient (Wildman–Crippen LogP) is 9.56. The van der Waals surface area contributed by atoms with Crippen molar-refractivity contribution in [2.75, 3.05) is 0 Å². The highest BCUT2D eigenvalue weighted by molar-refractivity contribution is 6.94. The molecule has 0 fully saturated rings. The summed E-state index contributed by atoms with van der Waals surface area (Å²) in [6.45, 7) is 9.10. The highest BCUT2D eigenvalue weighted by Crippen LogP contribution is 2.33. The molecule has 0 aliphatic carbocycles. The molecule has 0 saturated heterocycles. The maximum absolute atomic E-state index is 7.25. The van der Waals surface area contributed by atoms with Crippen molar-refractivity contribution in [3.05, 3.63) is 0 Å². The Hall–Kier alpha value is -0.486. The van der Waals surface area contributed by atoms with Crippen LogP contribution in [-0.2, 0) is 4.12 Å². The van der Waals surface area contributed by atoms with Gasteiger partial charge in [0.1, 0.15) is 0 Å². The lowest BCUT2D eigenvalue weighted by Gasteiger charge is -2.37. The van der Waals surface area contributed by atoms with Gasteiger partial charge in [-0.25, -0.2) is 0 Å². The second-order valence-electron chi connectivity index (χ2n) is 9.62. The van der Waals surface area contributed by atoms with E-state index in [0.29, 0.717) is 0 Å². The Labute approximate surface area is 199 Å². The van der Waals surface area contributed by atoms with E-state index >= 15 is 0 Å². The van der Waals surface area contributed by atoms with Gasteiger partial charge in [-0.1, -0.05) is 130 Å². The van der Waals surface area contributed by atoms with Crippen molar-refractivity contribution in [3.8, 4) is 23.9 Å². The topological polar surface area (TPSA) is 9.23 Å². The van der Waals surface area contributed by atoms with Crippen molar-refractivity contribution in [1.29, 1.82) is 0 Å². The van der Waals surface area contributed by atoms with Gasteiger partial charge >= 0.3 is 0 Å². The second-order valence-corrected chi connectivity index (χ2v) is 17.0. The van der Waals surface area contributed by atoms with E-state index in [1.165, 1.54) is 103 Å². The van der Waals surface area contributed by atoms with Crippen LogP contribution < -0.4 is 0 Å². The molecule has 0 atom stereocenters. The van der Waals surface area contributed by atoms with Gasteiger partial charge in [0.15, 0.2) is 0 Å². The van der Waals surface area contributed by atoms with Gasteiger partial charge in [0, 0.05) is 0 Å². The van der Waals surface area contributed by atoms with E-state index in [-0.39, 0.29) is 0 Å². The molecule has 0 unspecified atom stereocenters. The average Bonchev–Trinajstić information content (AvgIpc) is 2.79. The Kier molecular flexibility index (Phi) is 19.8. The molecule has 0 bridgehead atoms. The minimum atomic E-state index is -2.22. The SMILES string of the molecule is C#C[Si](CCCCCC)(CCCCCC)O[Si](C#C)(CCCCCC)CCCCCC. The summed E-state index contributed by atoms with van der Waals surface area (Å²) in [4.78, 5) is 0. The Bertz CT molecular complexity index is 420. The van der Waals surface area contributed by atoms with E-state index in [1.807, 2.05) is 0 Å². The molecule has 0 rings (SSSR count). The number of unbranched alkanes of at least 4 members (excludes halogenated alkanes) is 12. The Morgan fingerprint density at radius 3 is 0.903 bits per heavy atom. The lowest BCUT2D eigenvalue weighted by Crippen LogP contribution is -2.50. The van der Waals surface area contributed by atoms with Crippen LogP contribution in [0.2, 0.25) is 24.2 Å². The van der Waals surface area contributed by atoms with E-state index < -0.39 is 16.6 Å². The molecule has 0 aliphatic rings. The maximum Gasteiger partial charge on any atom is 0.262 e. The molecule has 0 aliphatic heterocycles. The monoisotopic (exact) mass is 462 g/mol. The van der Waals surface area contributed by atoms with E-state index in [4.69, 9.17) is 17.0 Å². The number of hydrogen-bond acceptors (Lipinski definition) is 1. The molecule has 0 N–H and O–H groups in total. The van der Waals surface area contributed by atoms with Gasteiger partial charge < -0.3 is 4.12 Å². The zero-order valence-electron chi connectivity index (χ0n) is 21.7. The largest absolute Gasteiger partial charge is 0.437 e. The first-order chi connectivity index (χ1) is 15.1. The van der Waals surface area contributed by atoms with Crippen LogP contribution in [0.25, 0.3) is 0 Å². The predicted molar refractivity (Wildman–Crippen MR) is 146 cm³/mol. The molecule has 180 valence electrons. The summed E-state index contributed by atoms with van der Waals surface area (Å²) in [5, 5.41) is 0. The van der Waals surface area contributed by atoms with Crippen molar-refractivity contribution >= 4 is 16.6 Å². The molecule has 0 spiro atoms. The quantitative estimate of drug-likeness (QED) is 0.0883. The third-order valence-corrected chi connectivity index (χ3v) is 15.5. The van der Waals surface area contributed by atoms with Gasteiger partial charge in [-0.05, 0) is 24.2 Å². The zero-order chi connectivity index (χ0) is 23.3. The van der Waals surface area contributed by atoms with Crippen LogP contribution in [0.3, 0.4) is 0 Å². The average molecular weight is 463 g/mol. The first-order valence-electron chi connectivity index (χ1n) is 13.7. The molecule has 1 nitrogen and oxygen atoms in total. The molecule has 0 radical (unpaired) electrons. The summed E-state index contributed by atoms with van der Waals surface area (Å²) in [5.41, 5.74) is 6.64. The molecular weight excluding hydrogens is 408 g/mol. The van der Waals surface area contributed by atoms with Crippen LogP contribution in [0.4, 0.5) is 0 Å². The molecule has 0 aromatic heterocycles. The fraction of sp³-hybridized carbons (Fsp3) is 0.857. The highest BCUT2D eigenvalue weighted by atomic mass is 28.4.